The predicted octanol–water partition coefficient (Wildman–Crippen LogP) is 2.21. The fraction of sp³-hybridized carbons (Fsp3) is 0.273. The molecule has 0 saturated heterocycles. The van der Waals surface area contributed by atoms with Crippen molar-refractivity contribution in [3.63, 3.8) is 0 Å². The molecule has 0 bridgehead atoms. The summed E-state index contributed by atoms with van der Waals surface area (Å²) in [4.78, 5) is 11.2. The fourth-order valence-electron chi connectivity index (χ4n) is 1.33. The Balaban J connectivity index is 2.89. The number of carbonyl (C=O) groups excluding carboxylic acids is 1. The first kappa shape index (κ1) is 11.2. The van der Waals surface area contributed by atoms with Gasteiger partial charge in [-0.2, -0.15) is 0 Å². The Morgan fingerprint density at radius 1 is 1.47 bits per heavy atom. The van der Waals surface area contributed by atoms with Crippen LogP contribution >= 0.6 is 0 Å². The molecule has 1 amide bonds. The molecule has 0 aliphatic heterocycles. The van der Waals surface area contributed by atoms with E-state index in [1.807, 2.05) is 38.1 Å². The van der Waals surface area contributed by atoms with Crippen LogP contribution in [0.5, 0.6) is 0 Å². The van der Waals surface area contributed by atoms with Gasteiger partial charge in [0.25, 0.3) is 5.91 Å². The number of oxime groups is 1. The van der Waals surface area contributed by atoms with E-state index >= 15 is 0 Å². The van der Waals surface area contributed by atoms with E-state index in [1.165, 1.54) is 0 Å². The number of hydrogen-bond donors (Lipinski definition) is 2. The first-order valence-electron chi connectivity index (χ1n) is 4.72. The van der Waals surface area contributed by atoms with E-state index in [2.05, 4.69) is 10.5 Å². The molecule has 0 unspecified atom stereocenters. The summed E-state index contributed by atoms with van der Waals surface area (Å²) in [6, 6.07) is 7.54. The number of amides is 1. The highest BCUT2D eigenvalue weighted by Gasteiger charge is 2.07. The molecule has 1 aromatic carbocycles. The Morgan fingerprint density at radius 2 is 2.13 bits per heavy atom. The van der Waals surface area contributed by atoms with Gasteiger partial charge >= 0.3 is 0 Å². The first-order chi connectivity index (χ1) is 7.15. The molecule has 15 heavy (non-hydrogen) atoms. The van der Waals surface area contributed by atoms with Gasteiger partial charge in [0, 0.05) is 5.69 Å². The van der Waals surface area contributed by atoms with E-state index in [-0.39, 0.29) is 0 Å². The number of nitrogens with one attached hydrogen (secondary N) is 1. The topological polar surface area (TPSA) is 61.7 Å². The second-order valence-electron chi connectivity index (χ2n) is 3.48. The van der Waals surface area contributed by atoms with Crippen LogP contribution in [0, 0.1) is 0 Å². The monoisotopic (exact) mass is 206 g/mol. The quantitative estimate of drug-likeness (QED) is 0.452. The summed E-state index contributed by atoms with van der Waals surface area (Å²) < 4.78 is 0. The minimum Gasteiger partial charge on any atom is -0.411 e. The number of hydrogen-bond acceptors (Lipinski definition) is 3. The molecule has 80 valence electrons. The van der Waals surface area contributed by atoms with Crippen LogP contribution in [0.4, 0.5) is 5.69 Å². The lowest BCUT2D eigenvalue weighted by atomic mass is 10.0. The highest BCUT2D eigenvalue weighted by molar-refractivity contribution is 6.31. The van der Waals surface area contributed by atoms with E-state index in [1.54, 1.807) is 0 Å². The Morgan fingerprint density at radius 3 is 2.73 bits per heavy atom. The molecule has 0 heterocycles. The fourth-order valence-corrected chi connectivity index (χ4v) is 1.33. The number of nitrogens with zero attached hydrogens (tertiary/aromatic N) is 1. The third kappa shape index (κ3) is 3.09. The molecule has 0 aliphatic rings. The molecule has 1 aromatic rings. The number of para-hydroxylation sites is 1. The van der Waals surface area contributed by atoms with E-state index in [4.69, 9.17) is 5.21 Å². The van der Waals surface area contributed by atoms with Gasteiger partial charge in [-0.05, 0) is 17.5 Å². The summed E-state index contributed by atoms with van der Waals surface area (Å²) in [5, 5.41) is 13.5. The zero-order chi connectivity index (χ0) is 11.3. The Hall–Kier alpha value is -1.84. The van der Waals surface area contributed by atoms with Gasteiger partial charge < -0.3 is 10.5 Å². The van der Waals surface area contributed by atoms with Gasteiger partial charge in [-0.25, -0.2) is 0 Å². The molecule has 4 nitrogen and oxygen atoms in total. The maximum Gasteiger partial charge on any atom is 0.270 e. The maximum atomic E-state index is 11.2. The van der Waals surface area contributed by atoms with Crippen molar-refractivity contribution in [2.75, 3.05) is 5.32 Å². The number of benzene rings is 1. The normalized spacial score (nSPS) is 10.9. The van der Waals surface area contributed by atoms with E-state index in [9.17, 15) is 4.79 Å². The summed E-state index contributed by atoms with van der Waals surface area (Å²) in [6.45, 7) is 4.09. The van der Waals surface area contributed by atoms with Gasteiger partial charge in [-0.3, -0.25) is 4.79 Å². The molecule has 1 rings (SSSR count). The lowest BCUT2D eigenvalue weighted by molar-refractivity contribution is -0.110. The zero-order valence-corrected chi connectivity index (χ0v) is 8.77. The maximum absolute atomic E-state index is 11.2. The lowest BCUT2D eigenvalue weighted by Gasteiger charge is -2.11. The average molecular weight is 206 g/mol. The first-order valence-corrected chi connectivity index (χ1v) is 4.72. The molecule has 0 fully saturated rings. The second-order valence-corrected chi connectivity index (χ2v) is 3.48. The molecule has 2 N–H and O–H groups in total. The number of rotatable bonds is 3. The largest absolute Gasteiger partial charge is 0.411 e. The van der Waals surface area contributed by atoms with E-state index in [0.717, 1.165) is 17.5 Å². The third-order valence-electron chi connectivity index (χ3n) is 2.02. The second kappa shape index (κ2) is 5.14. The third-order valence-corrected chi connectivity index (χ3v) is 2.02. The zero-order valence-electron chi connectivity index (χ0n) is 8.77. The minimum atomic E-state index is -0.439. The van der Waals surface area contributed by atoms with Crippen LogP contribution in [0.3, 0.4) is 0 Å². The van der Waals surface area contributed by atoms with E-state index in [0.29, 0.717) is 5.92 Å². The molecule has 4 heteroatoms. The van der Waals surface area contributed by atoms with Crippen molar-refractivity contribution in [2.45, 2.75) is 19.8 Å². The van der Waals surface area contributed by atoms with Crippen molar-refractivity contribution in [3.8, 4) is 0 Å². The Kier molecular flexibility index (Phi) is 3.85. The SMILES string of the molecule is CC(C)c1ccccc1NC(=O)/C=N\O. The summed E-state index contributed by atoms with van der Waals surface area (Å²) in [6.07, 6.45) is 0.830. The average Bonchev–Trinajstić information content (AvgIpc) is 2.18. The molecule has 0 spiro atoms. The molecule has 0 aliphatic carbocycles. The van der Waals surface area contributed by atoms with Crippen molar-refractivity contribution in [1.29, 1.82) is 0 Å². The van der Waals surface area contributed by atoms with Gasteiger partial charge in [-0.15, -0.1) is 0 Å². The van der Waals surface area contributed by atoms with Gasteiger partial charge in [0.2, 0.25) is 0 Å². The highest BCUT2D eigenvalue weighted by Crippen LogP contribution is 2.23. The molecule has 0 atom stereocenters. The van der Waals surface area contributed by atoms with Gasteiger partial charge in [0.1, 0.15) is 6.21 Å². The van der Waals surface area contributed by atoms with Crippen LogP contribution in [0.1, 0.15) is 25.3 Å². The van der Waals surface area contributed by atoms with Gasteiger partial charge in [0.15, 0.2) is 0 Å². The van der Waals surface area contributed by atoms with Crippen LogP contribution in [0.25, 0.3) is 0 Å². The summed E-state index contributed by atoms with van der Waals surface area (Å²) in [5.74, 6) is -0.113. The van der Waals surface area contributed by atoms with Crippen LogP contribution in [0.2, 0.25) is 0 Å². The summed E-state index contributed by atoms with van der Waals surface area (Å²) in [5.41, 5.74) is 1.80. The van der Waals surface area contributed by atoms with Gasteiger partial charge in [-0.1, -0.05) is 37.2 Å². The molecular weight excluding hydrogens is 192 g/mol. The number of anilines is 1. The van der Waals surface area contributed by atoms with Gasteiger partial charge in [0.05, 0.1) is 0 Å². The van der Waals surface area contributed by atoms with Crippen molar-refractivity contribution < 1.29 is 10.0 Å². The standard InChI is InChI=1S/C11H14N2O2/c1-8(2)9-5-3-4-6-10(9)13-11(14)7-12-15/h3-8,15H,1-2H3,(H,13,14)/b12-7-. The summed E-state index contributed by atoms with van der Waals surface area (Å²) >= 11 is 0. The lowest BCUT2D eigenvalue weighted by Crippen LogP contribution is -2.14. The van der Waals surface area contributed by atoms with Crippen molar-refractivity contribution in [2.24, 2.45) is 5.16 Å². The Labute approximate surface area is 88.6 Å². The molecule has 0 saturated carbocycles. The predicted molar refractivity (Wildman–Crippen MR) is 59.4 cm³/mol. The van der Waals surface area contributed by atoms with Crippen LogP contribution in [-0.4, -0.2) is 17.3 Å². The van der Waals surface area contributed by atoms with Crippen LogP contribution in [0.15, 0.2) is 29.4 Å². The highest BCUT2D eigenvalue weighted by atomic mass is 16.4. The van der Waals surface area contributed by atoms with E-state index < -0.39 is 5.91 Å². The van der Waals surface area contributed by atoms with Crippen LogP contribution in [-0.2, 0) is 4.79 Å². The molecular formula is C11H14N2O2. The van der Waals surface area contributed by atoms with Crippen molar-refractivity contribution in [1.82, 2.24) is 0 Å². The van der Waals surface area contributed by atoms with Crippen LogP contribution < -0.4 is 5.32 Å². The summed E-state index contributed by atoms with van der Waals surface area (Å²) in [7, 11) is 0. The number of carbonyl (C=O) groups is 1. The van der Waals surface area contributed by atoms with Crippen molar-refractivity contribution in [3.05, 3.63) is 29.8 Å². The Bertz CT molecular complexity index is 373. The molecule has 0 aromatic heterocycles. The smallest absolute Gasteiger partial charge is 0.270 e. The minimum absolute atomic E-state index is 0.326. The van der Waals surface area contributed by atoms with Crippen molar-refractivity contribution >= 4 is 17.8 Å². The molecule has 0 radical (unpaired) electrons.